The van der Waals surface area contributed by atoms with Gasteiger partial charge in [-0.15, -0.1) is 16.4 Å². The number of rotatable bonds is 3. The summed E-state index contributed by atoms with van der Waals surface area (Å²) < 4.78 is 5.61. The predicted octanol–water partition coefficient (Wildman–Crippen LogP) is 3.92. The molecule has 124 valence electrons. The molecule has 0 radical (unpaired) electrons. The van der Waals surface area contributed by atoms with Crippen LogP contribution in [0.5, 0.6) is 5.88 Å². The number of nitriles is 1. The molecule has 0 saturated carbocycles. The van der Waals surface area contributed by atoms with Crippen molar-refractivity contribution in [2.45, 2.75) is 19.3 Å². The van der Waals surface area contributed by atoms with Gasteiger partial charge in [-0.3, -0.25) is 5.10 Å². The number of H-pyrrole nitrogens is 1. The molecule has 0 amide bonds. The first-order valence-corrected chi connectivity index (χ1v) is 8.89. The summed E-state index contributed by atoms with van der Waals surface area (Å²) in [7, 11) is 0. The molecule has 1 aliphatic rings. The van der Waals surface area contributed by atoms with E-state index < -0.39 is 0 Å². The molecule has 3 N–H and O–H groups in total. The third-order valence-electron chi connectivity index (χ3n) is 4.43. The molecule has 1 aliphatic heterocycles. The average Bonchev–Trinajstić information content (AvgIpc) is 3.30. The fraction of sp³-hybridized carbons (Fsp3) is 0.158. The number of nitrogens with one attached hydrogen (secondary N) is 1. The summed E-state index contributed by atoms with van der Waals surface area (Å²) in [5.74, 6) is 0.253. The first kappa shape index (κ1) is 15.5. The van der Waals surface area contributed by atoms with Crippen molar-refractivity contribution in [2.24, 2.45) is 5.73 Å². The second-order valence-corrected chi connectivity index (χ2v) is 6.76. The molecule has 1 unspecified atom stereocenters. The lowest BCUT2D eigenvalue weighted by atomic mass is 9.83. The van der Waals surface area contributed by atoms with E-state index in [1.54, 1.807) is 11.3 Å². The molecule has 3 aromatic rings. The van der Waals surface area contributed by atoms with Crippen LogP contribution in [0.3, 0.4) is 0 Å². The molecule has 0 saturated heterocycles. The van der Waals surface area contributed by atoms with Crippen LogP contribution in [0.15, 0.2) is 53.2 Å². The van der Waals surface area contributed by atoms with Crippen LogP contribution in [0.1, 0.15) is 29.5 Å². The van der Waals surface area contributed by atoms with Crippen LogP contribution < -0.4 is 10.5 Å². The third kappa shape index (κ3) is 2.49. The van der Waals surface area contributed by atoms with Crippen molar-refractivity contribution < 1.29 is 4.74 Å². The molecule has 1 atom stereocenters. The molecular formula is C19H16N4OS. The molecule has 0 spiro atoms. The maximum atomic E-state index is 9.68. The number of hydrogen-bond donors (Lipinski definition) is 2. The zero-order chi connectivity index (χ0) is 17.4. The average molecular weight is 348 g/mol. The van der Waals surface area contributed by atoms with Crippen molar-refractivity contribution in [3.05, 3.63) is 69.9 Å². The van der Waals surface area contributed by atoms with E-state index >= 15 is 0 Å². The lowest BCUT2D eigenvalue weighted by molar-refractivity contribution is 0.379. The zero-order valence-electron chi connectivity index (χ0n) is 13.6. The summed E-state index contributed by atoms with van der Waals surface area (Å²) in [5, 5.41) is 19.0. The highest BCUT2D eigenvalue weighted by Gasteiger charge is 2.35. The van der Waals surface area contributed by atoms with E-state index in [-0.39, 0.29) is 11.8 Å². The number of hydrogen-bond acceptors (Lipinski definition) is 5. The van der Waals surface area contributed by atoms with E-state index in [0.717, 1.165) is 28.1 Å². The Labute approximate surface area is 149 Å². The fourth-order valence-electron chi connectivity index (χ4n) is 3.13. The molecule has 3 heterocycles. The zero-order valence-corrected chi connectivity index (χ0v) is 14.4. The van der Waals surface area contributed by atoms with Gasteiger partial charge < -0.3 is 10.5 Å². The van der Waals surface area contributed by atoms with Crippen molar-refractivity contribution in [3.8, 4) is 22.5 Å². The Morgan fingerprint density at radius 2 is 2.12 bits per heavy atom. The molecule has 5 nitrogen and oxygen atoms in total. The minimum absolute atomic E-state index is 0.115. The van der Waals surface area contributed by atoms with E-state index in [9.17, 15) is 5.26 Å². The number of allylic oxidation sites excluding steroid dienone is 1. The number of aryl methyl sites for hydroxylation is 1. The van der Waals surface area contributed by atoms with Gasteiger partial charge in [0, 0.05) is 0 Å². The van der Waals surface area contributed by atoms with Crippen LogP contribution in [0.4, 0.5) is 0 Å². The standard InChI is InChI=1S/C19H16N4OS/c1-2-11-5-7-12(8-6-11)15-13(10-20)18(21)24-19-16(15)17(22-23-19)14-4-3-9-25-14/h3-9,15H,2,21H2,1H3,(H,22,23). The Balaban J connectivity index is 1.92. The maximum absolute atomic E-state index is 9.68. The highest BCUT2D eigenvalue weighted by atomic mass is 32.1. The van der Waals surface area contributed by atoms with Crippen LogP contribution in [-0.2, 0) is 6.42 Å². The smallest absolute Gasteiger partial charge is 0.244 e. The van der Waals surface area contributed by atoms with Crippen LogP contribution in [0, 0.1) is 11.3 Å². The number of ether oxygens (including phenoxy) is 1. The number of fused-ring (bicyclic) bond motifs is 1. The van der Waals surface area contributed by atoms with Crippen molar-refractivity contribution in [2.75, 3.05) is 0 Å². The first-order valence-electron chi connectivity index (χ1n) is 8.01. The highest BCUT2D eigenvalue weighted by molar-refractivity contribution is 7.13. The molecule has 6 heteroatoms. The number of aromatic nitrogens is 2. The lowest BCUT2D eigenvalue weighted by Gasteiger charge is -2.24. The maximum Gasteiger partial charge on any atom is 0.244 e. The van der Waals surface area contributed by atoms with Gasteiger partial charge in [-0.1, -0.05) is 37.3 Å². The molecule has 1 aromatic carbocycles. The summed E-state index contributed by atoms with van der Waals surface area (Å²) in [6.07, 6.45) is 0.967. The third-order valence-corrected chi connectivity index (χ3v) is 5.32. The van der Waals surface area contributed by atoms with Gasteiger partial charge in [0.25, 0.3) is 0 Å². The Morgan fingerprint density at radius 3 is 2.76 bits per heavy atom. The van der Waals surface area contributed by atoms with Crippen molar-refractivity contribution in [3.63, 3.8) is 0 Å². The Morgan fingerprint density at radius 1 is 1.32 bits per heavy atom. The van der Waals surface area contributed by atoms with E-state index in [1.807, 2.05) is 17.5 Å². The summed E-state index contributed by atoms with van der Waals surface area (Å²) in [6.45, 7) is 2.12. The molecule has 25 heavy (non-hydrogen) atoms. The first-order chi connectivity index (χ1) is 12.2. The molecule has 0 aliphatic carbocycles. The summed E-state index contributed by atoms with van der Waals surface area (Å²) in [6, 6.07) is 14.5. The van der Waals surface area contributed by atoms with E-state index in [0.29, 0.717) is 11.5 Å². The highest BCUT2D eigenvalue weighted by Crippen LogP contribution is 2.46. The minimum atomic E-state index is -0.296. The van der Waals surface area contributed by atoms with Gasteiger partial charge in [-0.2, -0.15) is 5.26 Å². The fourth-order valence-corrected chi connectivity index (χ4v) is 3.87. The van der Waals surface area contributed by atoms with E-state index in [2.05, 4.69) is 47.5 Å². The number of nitrogens with zero attached hydrogens (tertiary/aromatic N) is 2. The van der Waals surface area contributed by atoms with Gasteiger partial charge in [0.05, 0.1) is 22.1 Å². The Kier molecular flexibility index (Phi) is 3.79. The monoisotopic (exact) mass is 348 g/mol. The summed E-state index contributed by atoms with van der Waals surface area (Å²) in [4.78, 5) is 1.05. The van der Waals surface area contributed by atoms with Gasteiger partial charge in [0.1, 0.15) is 11.6 Å². The van der Waals surface area contributed by atoms with Gasteiger partial charge in [-0.05, 0) is 29.0 Å². The molecule has 2 aromatic heterocycles. The van der Waals surface area contributed by atoms with Crippen LogP contribution in [0.25, 0.3) is 10.6 Å². The minimum Gasteiger partial charge on any atom is -0.420 e. The SMILES string of the molecule is CCc1ccc(C2C(C#N)=C(N)Oc3n[nH]c(-c4cccs4)c32)cc1. The van der Waals surface area contributed by atoms with Crippen molar-refractivity contribution in [1.82, 2.24) is 10.2 Å². The van der Waals surface area contributed by atoms with Gasteiger partial charge >= 0.3 is 0 Å². The second kappa shape index (κ2) is 6.11. The lowest BCUT2D eigenvalue weighted by Crippen LogP contribution is -2.20. The van der Waals surface area contributed by atoms with E-state index in [4.69, 9.17) is 10.5 Å². The molecule has 0 bridgehead atoms. The van der Waals surface area contributed by atoms with Gasteiger partial charge in [0.2, 0.25) is 11.8 Å². The van der Waals surface area contributed by atoms with Gasteiger partial charge in [-0.25, -0.2) is 0 Å². The topological polar surface area (TPSA) is 87.7 Å². The van der Waals surface area contributed by atoms with Crippen molar-refractivity contribution >= 4 is 11.3 Å². The molecule has 4 rings (SSSR count). The van der Waals surface area contributed by atoms with Crippen LogP contribution in [0.2, 0.25) is 0 Å². The van der Waals surface area contributed by atoms with Crippen molar-refractivity contribution in [1.29, 1.82) is 5.26 Å². The number of thiophene rings is 1. The quantitative estimate of drug-likeness (QED) is 0.751. The summed E-state index contributed by atoms with van der Waals surface area (Å²) in [5.41, 5.74) is 10.4. The largest absolute Gasteiger partial charge is 0.420 e. The normalized spacial score (nSPS) is 16.2. The Hall–Kier alpha value is -3.04. The number of aromatic amines is 1. The predicted molar refractivity (Wildman–Crippen MR) is 97.0 cm³/mol. The number of nitrogens with two attached hydrogens (primary N) is 1. The molecular weight excluding hydrogens is 332 g/mol. The summed E-state index contributed by atoms with van der Waals surface area (Å²) >= 11 is 1.61. The van der Waals surface area contributed by atoms with Gasteiger partial charge in [0.15, 0.2) is 0 Å². The van der Waals surface area contributed by atoms with E-state index in [1.165, 1.54) is 5.56 Å². The second-order valence-electron chi connectivity index (χ2n) is 5.81. The van der Waals surface area contributed by atoms with Crippen LogP contribution >= 0.6 is 11.3 Å². The number of benzene rings is 1. The van der Waals surface area contributed by atoms with Crippen LogP contribution in [-0.4, -0.2) is 10.2 Å². The Bertz CT molecular complexity index is 978. The molecule has 0 fully saturated rings.